The molecule has 0 N–H and O–H groups in total. The first-order valence-electron chi connectivity index (χ1n) is 7.45. The van der Waals surface area contributed by atoms with E-state index in [1.807, 2.05) is 0 Å². The number of ether oxygens (including phenoxy) is 1. The quantitative estimate of drug-likeness (QED) is 0.807. The average Bonchev–Trinajstić information content (AvgIpc) is 3.26. The Morgan fingerprint density at radius 2 is 1.74 bits per heavy atom. The van der Waals surface area contributed by atoms with Crippen molar-refractivity contribution in [1.82, 2.24) is 9.80 Å². The van der Waals surface area contributed by atoms with E-state index in [1.54, 1.807) is 0 Å². The van der Waals surface area contributed by atoms with E-state index in [9.17, 15) is 0 Å². The summed E-state index contributed by atoms with van der Waals surface area (Å²) in [4.78, 5) is 4.87. The van der Waals surface area contributed by atoms with Gasteiger partial charge in [-0.05, 0) is 43.5 Å². The van der Waals surface area contributed by atoms with Crippen LogP contribution in [0.1, 0.15) is 24.3 Å². The smallest absolute Gasteiger partial charge is 0.119 e. The van der Waals surface area contributed by atoms with Gasteiger partial charge in [0, 0.05) is 32.7 Å². The summed E-state index contributed by atoms with van der Waals surface area (Å²) in [6.07, 6.45) is 2.73. The van der Waals surface area contributed by atoms with Crippen LogP contribution in [0.3, 0.4) is 0 Å². The summed E-state index contributed by atoms with van der Waals surface area (Å²) in [7, 11) is 2.19. The minimum Gasteiger partial charge on any atom is -0.492 e. The molecule has 2 aliphatic rings. The van der Waals surface area contributed by atoms with Crippen molar-refractivity contribution in [2.75, 3.05) is 46.4 Å². The monoisotopic (exact) mass is 260 g/mol. The number of nitrogens with zero attached hydrogens (tertiary/aromatic N) is 2. The first kappa shape index (κ1) is 12.9. The van der Waals surface area contributed by atoms with Crippen LogP contribution in [0.25, 0.3) is 0 Å². The molecule has 1 aromatic carbocycles. The van der Waals surface area contributed by atoms with Gasteiger partial charge in [0.1, 0.15) is 12.4 Å². The SMILES string of the molecule is CN1CCN(CCOc2ccc(C3CC3)cc2)CC1. The summed E-state index contributed by atoms with van der Waals surface area (Å²) in [6, 6.07) is 8.70. The highest BCUT2D eigenvalue weighted by Crippen LogP contribution is 2.40. The van der Waals surface area contributed by atoms with Gasteiger partial charge in [-0.15, -0.1) is 0 Å². The molecular weight excluding hydrogens is 236 g/mol. The first-order chi connectivity index (χ1) is 9.31. The lowest BCUT2D eigenvalue weighted by Gasteiger charge is -2.32. The lowest BCUT2D eigenvalue weighted by atomic mass is 10.1. The Hall–Kier alpha value is -1.06. The third kappa shape index (κ3) is 3.71. The van der Waals surface area contributed by atoms with Crippen LogP contribution in [0.5, 0.6) is 5.75 Å². The molecule has 3 rings (SSSR count). The zero-order chi connectivity index (χ0) is 13.1. The second-order valence-electron chi connectivity index (χ2n) is 5.84. The zero-order valence-electron chi connectivity index (χ0n) is 11.8. The lowest BCUT2D eigenvalue weighted by Crippen LogP contribution is -2.45. The maximum atomic E-state index is 5.84. The molecule has 3 heteroatoms. The second-order valence-corrected chi connectivity index (χ2v) is 5.84. The molecule has 0 amide bonds. The fourth-order valence-corrected chi connectivity index (χ4v) is 2.62. The Morgan fingerprint density at radius 3 is 2.37 bits per heavy atom. The normalized spacial score (nSPS) is 21.5. The molecule has 0 spiro atoms. The van der Waals surface area contributed by atoms with Gasteiger partial charge in [0.05, 0.1) is 0 Å². The third-order valence-corrected chi connectivity index (χ3v) is 4.20. The molecule has 0 bridgehead atoms. The number of hydrogen-bond donors (Lipinski definition) is 0. The van der Waals surface area contributed by atoms with E-state index in [-0.39, 0.29) is 0 Å². The van der Waals surface area contributed by atoms with Gasteiger partial charge in [0.15, 0.2) is 0 Å². The molecule has 19 heavy (non-hydrogen) atoms. The molecule has 3 nitrogen and oxygen atoms in total. The number of benzene rings is 1. The van der Waals surface area contributed by atoms with Crippen LogP contribution in [0.15, 0.2) is 24.3 Å². The van der Waals surface area contributed by atoms with Crippen molar-refractivity contribution >= 4 is 0 Å². The van der Waals surface area contributed by atoms with Crippen molar-refractivity contribution in [2.24, 2.45) is 0 Å². The van der Waals surface area contributed by atoms with E-state index >= 15 is 0 Å². The van der Waals surface area contributed by atoms with Crippen molar-refractivity contribution < 1.29 is 4.74 Å². The average molecular weight is 260 g/mol. The van der Waals surface area contributed by atoms with Crippen LogP contribution in [0.2, 0.25) is 0 Å². The molecule has 1 aliphatic heterocycles. The highest BCUT2D eigenvalue weighted by Gasteiger charge is 2.23. The first-order valence-corrected chi connectivity index (χ1v) is 7.45. The van der Waals surface area contributed by atoms with Crippen molar-refractivity contribution in [1.29, 1.82) is 0 Å². The van der Waals surface area contributed by atoms with Gasteiger partial charge < -0.3 is 9.64 Å². The van der Waals surface area contributed by atoms with Gasteiger partial charge in [-0.1, -0.05) is 12.1 Å². The Bertz CT molecular complexity index is 392. The van der Waals surface area contributed by atoms with E-state index in [1.165, 1.54) is 44.6 Å². The molecule has 0 unspecified atom stereocenters. The number of piperazine rings is 1. The number of likely N-dealkylation sites (N-methyl/N-ethyl adjacent to an activating group) is 1. The Morgan fingerprint density at radius 1 is 1.05 bits per heavy atom. The van der Waals surface area contributed by atoms with Crippen LogP contribution in [-0.4, -0.2) is 56.2 Å². The summed E-state index contributed by atoms with van der Waals surface area (Å²) < 4.78 is 5.84. The van der Waals surface area contributed by atoms with Crippen LogP contribution in [-0.2, 0) is 0 Å². The fraction of sp³-hybridized carbons (Fsp3) is 0.625. The van der Waals surface area contributed by atoms with E-state index < -0.39 is 0 Å². The molecule has 2 fully saturated rings. The maximum Gasteiger partial charge on any atom is 0.119 e. The Balaban J connectivity index is 1.39. The largest absolute Gasteiger partial charge is 0.492 e. The van der Waals surface area contributed by atoms with E-state index in [0.717, 1.165) is 24.8 Å². The molecule has 1 heterocycles. The molecule has 1 aromatic rings. The molecule has 0 atom stereocenters. The predicted octanol–water partition coefficient (Wildman–Crippen LogP) is 2.19. The molecular formula is C16H24N2O. The fourth-order valence-electron chi connectivity index (χ4n) is 2.62. The summed E-state index contributed by atoms with van der Waals surface area (Å²) in [5.74, 6) is 1.85. The van der Waals surface area contributed by atoms with Gasteiger partial charge in [-0.3, -0.25) is 4.90 Å². The van der Waals surface area contributed by atoms with Crippen molar-refractivity contribution in [3.63, 3.8) is 0 Å². The standard InChI is InChI=1S/C16H24N2O/c1-17-8-10-18(11-9-17)12-13-19-16-6-4-15(5-7-16)14-2-3-14/h4-7,14H,2-3,8-13H2,1H3. The topological polar surface area (TPSA) is 15.7 Å². The number of hydrogen-bond acceptors (Lipinski definition) is 3. The summed E-state index contributed by atoms with van der Waals surface area (Å²) in [5, 5.41) is 0. The molecule has 104 valence electrons. The third-order valence-electron chi connectivity index (χ3n) is 4.20. The van der Waals surface area contributed by atoms with Gasteiger partial charge in [0.25, 0.3) is 0 Å². The second kappa shape index (κ2) is 5.93. The summed E-state index contributed by atoms with van der Waals surface area (Å²) >= 11 is 0. The summed E-state index contributed by atoms with van der Waals surface area (Å²) in [6.45, 7) is 6.53. The van der Waals surface area contributed by atoms with Gasteiger partial charge >= 0.3 is 0 Å². The van der Waals surface area contributed by atoms with Crippen LogP contribution >= 0.6 is 0 Å². The van der Waals surface area contributed by atoms with Crippen molar-refractivity contribution in [3.05, 3.63) is 29.8 Å². The molecule has 0 radical (unpaired) electrons. The number of rotatable bonds is 5. The highest BCUT2D eigenvalue weighted by atomic mass is 16.5. The Labute approximate surface area is 116 Å². The molecule has 1 aliphatic carbocycles. The van der Waals surface area contributed by atoms with E-state index in [0.29, 0.717) is 0 Å². The molecule has 1 saturated heterocycles. The van der Waals surface area contributed by atoms with E-state index in [4.69, 9.17) is 4.74 Å². The molecule has 0 aromatic heterocycles. The van der Waals surface area contributed by atoms with E-state index in [2.05, 4.69) is 41.1 Å². The van der Waals surface area contributed by atoms with Crippen LogP contribution in [0, 0.1) is 0 Å². The van der Waals surface area contributed by atoms with Gasteiger partial charge in [-0.25, -0.2) is 0 Å². The maximum absolute atomic E-state index is 5.84. The Kier molecular flexibility index (Phi) is 4.04. The highest BCUT2D eigenvalue weighted by molar-refractivity contribution is 5.31. The summed E-state index contributed by atoms with van der Waals surface area (Å²) in [5.41, 5.74) is 1.48. The van der Waals surface area contributed by atoms with Crippen molar-refractivity contribution in [2.45, 2.75) is 18.8 Å². The van der Waals surface area contributed by atoms with Crippen LogP contribution in [0.4, 0.5) is 0 Å². The minimum absolute atomic E-state index is 0.798. The van der Waals surface area contributed by atoms with Gasteiger partial charge in [0.2, 0.25) is 0 Å². The predicted molar refractivity (Wildman–Crippen MR) is 77.8 cm³/mol. The molecule has 1 saturated carbocycles. The van der Waals surface area contributed by atoms with Gasteiger partial charge in [-0.2, -0.15) is 0 Å². The zero-order valence-corrected chi connectivity index (χ0v) is 11.8. The minimum atomic E-state index is 0.798. The van der Waals surface area contributed by atoms with Crippen molar-refractivity contribution in [3.8, 4) is 5.75 Å². The van der Waals surface area contributed by atoms with Crippen LogP contribution < -0.4 is 4.74 Å². The lowest BCUT2D eigenvalue weighted by molar-refractivity contribution is 0.134.